The van der Waals surface area contributed by atoms with Crippen molar-refractivity contribution in [1.29, 1.82) is 0 Å². The molecule has 2 heteroatoms. The highest BCUT2D eigenvalue weighted by atomic mass is 35.5. The Morgan fingerprint density at radius 2 is 2.06 bits per heavy atom. The van der Waals surface area contributed by atoms with Crippen LogP contribution >= 0.6 is 11.6 Å². The molecule has 0 fully saturated rings. The zero-order valence-corrected chi connectivity index (χ0v) is 10.2. The van der Waals surface area contributed by atoms with Crippen LogP contribution in [0.4, 0.5) is 0 Å². The predicted octanol–water partition coefficient (Wildman–Crippen LogP) is 2.93. The van der Waals surface area contributed by atoms with Crippen LogP contribution in [-0.4, -0.2) is 18.5 Å². The third-order valence-electron chi connectivity index (χ3n) is 3.13. The molecule has 2 rings (SSSR count). The van der Waals surface area contributed by atoms with Crippen molar-refractivity contribution in [1.82, 2.24) is 5.32 Å². The van der Waals surface area contributed by atoms with Gasteiger partial charge in [0.2, 0.25) is 0 Å². The molecule has 1 atom stereocenters. The first-order chi connectivity index (χ1) is 7.90. The average Bonchev–Trinajstić information content (AvgIpc) is 2.34. The lowest BCUT2D eigenvalue weighted by Gasteiger charge is -2.25. The highest BCUT2D eigenvalue weighted by molar-refractivity contribution is 6.18. The molecule has 0 bridgehead atoms. The molecule has 0 saturated carbocycles. The second-order valence-electron chi connectivity index (χ2n) is 4.24. The van der Waals surface area contributed by atoms with Crippen LogP contribution in [0.15, 0.2) is 36.4 Å². The van der Waals surface area contributed by atoms with Gasteiger partial charge in [-0.05, 0) is 30.4 Å². The molecule has 16 heavy (non-hydrogen) atoms. The molecule has 86 valence electrons. The van der Waals surface area contributed by atoms with Gasteiger partial charge in [-0.25, -0.2) is 0 Å². The number of fused-ring (bicyclic) bond motifs is 1. The van der Waals surface area contributed by atoms with E-state index in [0.717, 1.165) is 13.0 Å². The summed E-state index contributed by atoms with van der Waals surface area (Å²) in [7, 11) is 0. The minimum absolute atomic E-state index is 0.606. The number of halogens is 1. The summed E-state index contributed by atoms with van der Waals surface area (Å²) in [5.41, 5.74) is 3.03. The number of alkyl halides is 1. The van der Waals surface area contributed by atoms with Gasteiger partial charge in [0, 0.05) is 18.5 Å². The molecule has 1 unspecified atom stereocenters. The fourth-order valence-electron chi connectivity index (χ4n) is 2.25. The van der Waals surface area contributed by atoms with E-state index < -0.39 is 0 Å². The van der Waals surface area contributed by atoms with Crippen LogP contribution in [0.2, 0.25) is 0 Å². The Hall–Kier alpha value is -0.790. The first-order valence-corrected chi connectivity index (χ1v) is 6.44. The molecule has 0 aromatic heterocycles. The lowest BCUT2D eigenvalue weighted by Crippen LogP contribution is -2.34. The Morgan fingerprint density at radius 3 is 2.88 bits per heavy atom. The number of hydrogen-bond donors (Lipinski definition) is 1. The number of allylic oxidation sites excluding steroid dienone is 1. The van der Waals surface area contributed by atoms with Gasteiger partial charge in [0.1, 0.15) is 0 Å². The smallest absolute Gasteiger partial charge is 0.0404 e. The van der Waals surface area contributed by atoms with E-state index in [1.165, 1.54) is 24.0 Å². The molecule has 0 amide bonds. The fraction of sp³-hybridized carbons (Fsp3) is 0.429. The van der Waals surface area contributed by atoms with Crippen LogP contribution in [0.1, 0.15) is 17.5 Å². The zero-order valence-electron chi connectivity index (χ0n) is 9.45. The summed E-state index contributed by atoms with van der Waals surface area (Å²) in [4.78, 5) is 0. The summed E-state index contributed by atoms with van der Waals surface area (Å²) < 4.78 is 0. The van der Waals surface area contributed by atoms with E-state index in [1.54, 1.807) is 0 Å². The highest BCUT2D eigenvalue weighted by Crippen LogP contribution is 2.20. The Labute approximate surface area is 103 Å². The van der Waals surface area contributed by atoms with Crippen LogP contribution in [0.25, 0.3) is 0 Å². The van der Waals surface area contributed by atoms with E-state index >= 15 is 0 Å². The maximum absolute atomic E-state index is 5.58. The molecule has 1 nitrogen and oxygen atoms in total. The SMILES string of the molecule is ClC/C=C/CNC1CCc2ccccc2C1. The third-order valence-corrected chi connectivity index (χ3v) is 3.31. The molecule has 0 aliphatic heterocycles. The summed E-state index contributed by atoms with van der Waals surface area (Å²) in [6.07, 6.45) is 7.70. The van der Waals surface area contributed by atoms with E-state index in [2.05, 4.69) is 35.7 Å². The van der Waals surface area contributed by atoms with Gasteiger partial charge in [-0.2, -0.15) is 0 Å². The van der Waals surface area contributed by atoms with E-state index in [9.17, 15) is 0 Å². The number of nitrogens with one attached hydrogen (secondary N) is 1. The quantitative estimate of drug-likeness (QED) is 0.625. The first-order valence-electron chi connectivity index (χ1n) is 5.91. The zero-order chi connectivity index (χ0) is 11.2. The molecule has 0 heterocycles. The van der Waals surface area contributed by atoms with Crippen LogP contribution in [0.5, 0.6) is 0 Å². The average molecular weight is 236 g/mol. The van der Waals surface area contributed by atoms with Crippen molar-refractivity contribution in [3.05, 3.63) is 47.5 Å². The lowest BCUT2D eigenvalue weighted by molar-refractivity contribution is 0.479. The summed E-state index contributed by atoms with van der Waals surface area (Å²) >= 11 is 5.58. The summed E-state index contributed by atoms with van der Waals surface area (Å²) in [5, 5.41) is 3.55. The van der Waals surface area contributed by atoms with Gasteiger partial charge < -0.3 is 5.32 Å². The Morgan fingerprint density at radius 1 is 1.25 bits per heavy atom. The molecule has 1 N–H and O–H groups in total. The maximum atomic E-state index is 5.58. The molecule has 1 aliphatic rings. The van der Waals surface area contributed by atoms with Crippen molar-refractivity contribution in [2.45, 2.75) is 25.3 Å². The summed E-state index contributed by atoms with van der Waals surface area (Å²) in [6, 6.07) is 9.39. The molecule has 0 spiro atoms. The molecular weight excluding hydrogens is 218 g/mol. The van der Waals surface area contributed by atoms with Gasteiger partial charge in [-0.15, -0.1) is 11.6 Å². The maximum Gasteiger partial charge on any atom is 0.0404 e. The normalized spacial score (nSPS) is 19.9. The Balaban J connectivity index is 1.86. The fourth-order valence-corrected chi connectivity index (χ4v) is 2.38. The van der Waals surface area contributed by atoms with Gasteiger partial charge in [-0.1, -0.05) is 36.4 Å². The molecule has 1 aliphatic carbocycles. The summed E-state index contributed by atoms with van der Waals surface area (Å²) in [5.74, 6) is 0.606. The van der Waals surface area contributed by atoms with Gasteiger partial charge in [0.05, 0.1) is 0 Å². The highest BCUT2D eigenvalue weighted by Gasteiger charge is 2.16. The van der Waals surface area contributed by atoms with Crippen molar-refractivity contribution in [2.24, 2.45) is 0 Å². The van der Waals surface area contributed by atoms with E-state index in [-0.39, 0.29) is 0 Å². The molecule has 0 saturated heterocycles. The largest absolute Gasteiger partial charge is 0.310 e. The number of hydrogen-bond acceptors (Lipinski definition) is 1. The second-order valence-corrected chi connectivity index (χ2v) is 4.55. The van der Waals surface area contributed by atoms with Crippen molar-refractivity contribution in [2.75, 3.05) is 12.4 Å². The van der Waals surface area contributed by atoms with Crippen LogP contribution in [0, 0.1) is 0 Å². The van der Waals surface area contributed by atoms with Crippen molar-refractivity contribution in [3.63, 3.8) is 0 Å². The molecule has 1 aromatic carbocycles. The van der Waals surface area contributed by atoms with E-state index in [0.29, 0.717) is 11.9 Å². The van der Waals surface area contributed by atoms with Gasteiger partial charge >= 0.3 is 0 Å². The molecule has 0 radical (unpaired) electrons. The van der Waals surface area contributed by atoms with Gasteiger partial charge in [0.15, 0.2) is 0 Å². The van der Waals surface area contributed by atoms with Crippen molar-refractivity contribution < 1.29 is 0 Å². The third kappa shape index (κ3) is 3.10. The van der Waals surface area contributed by atoms with E-state index in [4.69, 9.17) is 11.6 Å². The van der Waals surface area contributed by atoms with Crippen molar-refractivity contribution >= 4 is 11.6 Å². The first kappa shape index (κ1) is 11.7. The second kappa shape index (κ2) is 6.07. The minimum Gasteiger partial charge on any atom is -0.310 e. The number of benzene rings is 1. The topological polar surface area (TPSA) is 12.0 Å². The predicted molar refractivity (Wildman–Crippen MR) is 70.1 cm³/mol. The van der Waals surface area contributed by atoms with Crippen LogP contribution < -0.4 is 5.32 Å². The molecular formula is C14H18ClN. The monoisotopic (exact) mass is 235 g/mol. The Kier molecular flexibility index (Phi) is 4.44. The Bertz CT molecular complexity index is 360. The van der Waals surface area contributed by atoms with Gasteiger partial charge in [0.25, 0.3) is 0 Å². The van der Waals surface area contributed by atoms with E-state index in [1.807, 2.05) is 6.08 Å². The number of aryl methyl sites for hydroxylation is 1. The molecule has 1 aromatic rings. The van der Waals surface area contributed by atoms with Crippen LogP contribution in [-0.2, 0) is 12.8 Å². The standard InChI is InChI=1S/C14H18ClN/c15-9-3-4-10-16-14-8-7-12-5-1-2-6-13(12)11-14/h1-6,14,16H,7-11H2/b4-3+. The van der Waals surface area contributed by atoms with Crippen LogP contribution in [0.3, 0.4) is 0 Å². The van der Waals surface area contributed by atoms with Crippen molar-refractivity contribution in [3.8, 4) is 0 Å². The van der Waals surface area contributed by atoms with Gasteiger partial charge in [-0.3, -0.25) is 0 Å². The summed E-state index contributed by atoms with van der Waals surface area (Å²) in [6.45, 7) is 0.930. The lowest BCUT2D eigenvalue weighted by atomic mass is 9.88. The number of rotatable bonds is 4. The minimum atomic E-state index is 0.606.